The molecule has 3 heterocycles. The number of rotatable bonds is 6. The molecule has 1 atom stereocenters. The van der Waals surface area contributed by atoms with Crippen LogP contribution in [0.5, 0.6) is 5.75 Å². The summed E-state index contributed by atoms with van der Waals surface area (Å²) in [6.45, 7) is 1.60. The molecule has 174 valence electrons. The summed E-state index contributed by atoms with van der Waals surface area (Å²) >= 11 is 0. The molecule has 3 aromatic rings. The van der Waals surface area contributed by atoms with E-state index in [1.165, 1.54) is 24.0 Å². The Balaban J connectivity index is 1.11. The van der Waals surface area contributed by atoms with Crippen molar-refractivity contribution in [3.8, 4) is 5.75 Å². The number of aliphatic hydroxyl groups is 1. The topological polar surface area (TPSA) is 56.0 Å². The highest BCUT2D eigenvalue weighted by Gasteiger charge is 2.34. The van der Waals surface area contributed by atoms with E-state index >= 15 is 0 Å². The molecule has 2 aromatic heterocycles. The highest BCUT2D eigenvalue weighted by Crippen LogP contribution is 2.47. The van der Waals surface area contributed by atoms with Gasteiger partial charge in [-0.2, -0.15) is 0 Å². The van der Waals surface area contributed by atoms with Crippen molar-refractivity contribution in [2.24, 2.45) is 5.92 Å². The Labute approximate surface area is 195 Å². The lowest BCUT2D eigenvalue weighted by Gasteiger charge is -2.33. The lowest BCUT2D eigenvalue weighted by molar-refractivity contribution is 0.0255. The minimum absolute atomic E-state index is 0.280. The van der Waals surface area contributed by atoms with Crippen LogP contribution >= 0.6 is 0 Å². The third-order valence-corrected chi connectivity index (χ3v) is 7.99. The summed E-state index contributed by atoms with van der Waals surface area (Å²) in [6, 6.07) is 13.1. The number of pyridine rings is 1. The first-order chi connectivity index (χ1) is 16.3. The largest absolute Gasteiger partial charge is 0.490 e. The molecule has 5 nitrogen and oxygen atoms in total. The predicted octanol–water partition coefficient (Wildman–Crippen LogP) is 5.78. The van der Waals surface area contributed by atoms with Gasteiger partial charge < -0.3 is 19.0 Å². The molecule has 0 spiro atoms. The van der Waals surface area contributed by atoms with Gasteiger partial charge in [0.05, 0.1) is 43.1 Å². The van der Waals surface area contributed by atoms with Gasteiger partial charge in [0.2, 0.25) is 0 Å². The first kappa shape index (κ1) is 21.2. The molecule has 3 fully saturated rings. The van der Waals surface area contributed by atoms with E-state index < -0.39 is 6.10 Å². The van der Waals surface area contributed by atoms with Crippen LogP contribution in [0.25, 0.3) is 5.52 Å². The van der Waals surface area contributed by atoms with Crippen molar-refractivity contribution in [1.82, 2.24) is 9.38 Å². The third-order valence-electron chi connectivity index (χ3n) is 7.99. The van der Waals surface area contributed by atoms with Crippen LogP contribution < -0.4 is 4.74 Å². The molecule has 0 radical (unpaired) electrons. The molecule has 2 aliphatic carbocycles. The molecule has 33 heavy (non-hydrogen) atoms. The monoisotopic (exact) mass is 446 g/mol. The molecule has 0 amide bonds. The average molecular weight is 447 g/mol. The molecule has 1 aliphatic heterocycles. The number of benzene rings is 1. The lowest BCUT2D eigenvalue weighted by atomic mass is 9.75. The molecule has 3 aliphatic rings. The Morgan fingerprint density at radius 1 is 0.879 bits per heavy atom. The molecule has 0 bridgehead atoms. The van der Waals surface area contributed by atoms with Gasteiger partial charge >= 0.3 is 0 Å². The third kappa shape index (κ3) is 4.41. The second-order valence-electron chi connectivity index (χ2n) is 10.2. The molecule has 1 aromatic carbocycles. The predicted molar refractivity (Wildman–Crippen MR) is 128 cm³/mol. The van der Waals surface area contributed by atoms with Gasteiger partial charge in [0.15, 0.2) is 0 Å². The van der Waals surface area contributed by atoms with Crippen LogP contribution in [0.3, 0.4) is 0 Å². The van der Waals surface area contributed by atoms with E-state index in [-0.39, 0.29) is 6.10 Å². The summed E-state index contributed by atoms with van der Waals surface area (Å²) < 4.78 is 13.7. The zero-order valence-corrected chi connectivity index (χ0v) is 19.2. The number of nitrogens with zero attached hydrogens (tertiary/aromatic N) is 2. The fourth-order valence-electron chi connectivity index (χ4n) is 5.88. The van der Waals surface area contributed by atoms with Gasteiger partial charge in [-0.05, 0) is 85.6 Å². The van der Waals surface area contributed by atoms with Gasteiger partial charge in [-0.25, -0.2) is 4.98 Å². The van der Waals surface area contributed by atoms with Crippen LogP contribution in [0.15, 0.2) is 48.9 Å². The van der Waals surface area contributed by atoms with E-state index in [2.05, 4.69) is 45.8 Å². The van der Waals surface area contributed by atoms with Gasteiger partial charge in [0.1, 0.15) is 11.9 Å². The Morgan fingerprint density at radius 2 is 1.61 bits per heavy atom. The second kappa shape index (κ2) is 9.11. The molecular weight excluding hydrogens is 412 g/mol. The maximum absolute atomic E-state index is 11.5. The minimum Gasteiger partial charge on any atom is -0.490 e. The smallest absolute Gasteiger partial charge is 0.119 e. The van der Waals surface area contributed by atoms with Crippen LogP contribution in [-0.4, -0.2) is 33.8 Å². The highest BCUT2D eigenvalue weighted by molar-refractivity contribution is 5.50. The van der Waals surface area contributed by atoms with Crippen LogP contribution in [0.4, 0.5) is 0 Å². The van der Waals surface area contributed by atoms with E-state index in [1.807, 2.05) is 12.5 Å². The Kier molecular flexibility index (Phi) is 5.85. The average Bonchev–Trinajstić information content (AvgIpc) is 3.60. The lowest BCUT2D eigenvalue weighted by Crippen LogP contribution is -2.25. The summed E-state index contributed by atoms with van der Waals surface area (Å²) in [5.41, 5.74) is 4.89. The first-order valence-electron chi connectivity index (χ1n) is 12.7. The van der Waals surface area contributed by atoms with Crippen LogP contribution in [0, 0.1) is 5.92 Å². The molecular formula is C28H34N2O3. The number of aromatic nitrogens is 2. The molecule has 1 N–H and O–H groups in total. The Hall–Kier alpha value is -2.37. The fraction of sp³-hybridized carbons (Fsp3) is 0.536. The van der Waals surface area contributed by atoms with E-state index in [0.717, 1.165) is 68.7 Å². The van der Waals surface area contributed by atoms with Crippen LogP contribution in [0.2, 0.25) is 0 Å². The van der Waals surface area contributed by atoms with E-state index in [1.54, 1.807) is 0 Å². The van der Waals surface area contributed by atoms with E-state index in [9.17, 15) is 5.11 Å². The number of aliphatic hydroxyl groups excluding tert-OH is 1. The second-order valence-corrected chi connectivity index (χ2v) is 10.2. The quantitative estimate of drug-likeness (QED) is 0.522. The Bertz CT molecular complexity index is 1070. The van der Waals surface area contributed by atoms with Crippen molar-refractivity contribution in [2.45, 2.75) is 75.4 Å². The van der Waals surface area contributed by atoms with Crippen molar-refractivity contribution in [3.63, 3.8) is 0 Å². The maximum Gasteiger partial charge on any atom is 0.119 e. The summed E-state index contributed by atoms with van der Waals surface area (Å²) in [5, 5.41) is 11.5. The molecule has 6 rings (SSSR count). The summed E-state index contributed by atoms with van der Waals surface area (Å²) in [4.78, 5) is 4.34. The van der Waals surface area contributed by atoms with Gasteiger partial charge in [0.25, 0.3) is 0 Å². The van der Waals surface area contributed by atoms with Crippen molar-refractivity contribution < 1.29 is 14.6 Å². The van der Waals surface area contributed by atoms with Crippen LogP contribution in [0.1, 0.15) is 86.1 Å². The number of fused-ring (bicyclic) bond motifs is 1. The number of hydrogen-bond donors (Lipinski definition) is 1. The van der Waals surface area contributed by atoms with Gasteiger partial charge in [-0.3, -0.25) is 0 Å². The Morgan fingerprint density at radius 3 is 2.33 bits per heavy atom. The summed E-state index contributed by atoms with van der Waals surface area (Å²) in [5.74, 6) is 2.45. The van der Waals surface area contributed by atoms with Gasteiger partial charge in [0, 0.05) is 12.8 Å². The number of hydrogen-bond acceptors (Lipinski definition) is 4. The zero-order valence-electron chi connectivity index (χ0n) is 19.2. The number of ether oxygens (including phenoxy) is 2. The first-order valence-corrected chi connectivity index (χ1v) is 12.7. The van der Waals surface area contributed by atoms with Crippen molar-refractivity contribution in [2.75, 3.05) is 13.2 Å². The summed E-state index contributed by atoms with van der Waals surface area (Å²) in [6.07, 6.45) is 12.4. The van der Waals surface area contributed by atoms with Crippen LogP contribution in [-0.2, 0) is 4.74 Å². The van der Waals surface area contributed by atoms with Crippen molar-refractivity contribution in [1.29, 1.82) is 0 Å². The number of imidazole rings is 1. The molecule has 5 heteroatoms. The minimum atomic E-state index is -0.422. The molecule has 0 unspecified atom stereocenters. The van der Waals surface area contributed by atoms with Crippen molar-refractivity contribution in [3.05, 3.63) is 65.7 Å². The molecule has 1 saturated heterocycles. The van der Waals surface area contributed by atoms with E-state index in [4.69, 9.17) is 9.47 Å². The zero-order chi connectivity index (χ0) is 22.2. The normalized spacial score (nSPS) is 25.2. The van der Waals surface area contributed by atoms with Gasteiger partial charge in [-0.15, -0.1) is 0 Å². The van der Waals surface area contributed by atoms with Gasteiger partial charge in [-0.1, -0.05) is 18.2 Å². The summed E-state index contributed by atoms with van der Waals surface area (Å²) in [7, 11) is 0. The maximum atomic E-state index is 11.5. The highest BCUT2D eigenvalue weighted by atomic mass is 16.5. The van der Waals surface area contributed by atoms with E-state index in [0.29, 0.717) is 17.8 Å². The standard InChI is InChI=1S/C28H34N2O3/c31-28(27-26(21-3-4-21)12-9-23-17-29-18-30(23)27)22-5-1-19(2-6-22)20-7-10-24(11-8-20)33-25-13-15-32-16-14-25/h7-12,17-19,21-22,25,28,31H,1-6,13-16H2/t19-,22+,28-/m1/s1. The molecule has 2 saturated carbocycles. The fourth-order valence-corrected chi connectivity index (χ4v) is 5.88. The van der Waals surface area contributed by atoms with Crippen molar-refractivity contribution >= 4 is 5.52 Å². The SMILES string of the molecule is O[C@@H](c1c(C2CC2)ccc2cncn12)[C@H]1CC[C@@H](c2ccc(OC3CCOCC3)cc2)CC1.